The minimum Gasteiger partial charge on any atom is -0.466 e. The van der Waals surface area contributed by atoms with Gasteiger partial charge in [-0.15, -0.1) is 13.2 Å². The van der Waals surface area contributed by atoms with Crippen LogP contribution in [0, 0.1) is 0 Å². The number of aromatic nitrogens is 1. The zero-order valence-corrected chi connectivity index (χ0v) is 10.3. The van der Waals surface area contributed by atoms with Crippen LogP contribution >= 0.6 is 0 Å². The van der Waals surface area contributed by atoms with E-state index in [1.807, 2.05) is 0 Å². The molecular weight excluding hydrogens is 286 g/mol. The van der Waals surface area contributed by atoms with Gasteiger partial charge in [-0.05, 0) is 6.92 Å². The quantitative estimate of drug-likeness (QED) is 0.665. The number of hydrogen-bond donors (Lipinski definition) is 1. The largest absolute Gasteiger partial charge is 0.573 e. The Morgan fingerprint density at radius 1 is 1.40 bits per heavy atom. The summed E-state index contributed by atoms with van der Waals surface area (Å²) in [6.45, 7) is 0.197. The number of esters is 1. The molecule has 0 aliphatic carbocycles. The summed E-state index contributed by atoms with van der Waals surface area (Å²) in [6.07, 6.45) is -5.53. The third-order valence-corrected chi connectivity index (χ3v) is 2.15. The molecule has 9 heteroatoms. The Bertz CT molecular complexity index is 538. The van der Waals surface area contributed by atoms with Crippen molar-refractivity contribution in [3.8, 4) is 5.75 Å². The van der Waals surface area contributed by atoms with Crippen molar-refractivity contribution >= 4 is 5.97 Å². The molecule has 0 amide bonds. The van der Waals surface area contributed by atoms with E-state index in [0.717, 1.165) is 6.07 Å². The molecule has 0 aromatic carbocycles. The van der Waals surface area contributed by atoms with Gasteiger partial charge in [0.25, 0.3) is 5.56 Å². The van der Waals surface area contributed by atoms with Gasteiger partial charge in [-0.25, -0.2) is 4.39 Å². The van der Waals surface area contributed by atoms with Gasteiger partial charge in [-0.1, -0.05) is 0 Å². The van der Waals surface area contributed by atoms with Crippen LogP contribution in [0.1, 0.15) is 18.2 Å². The summed E-state index contributed by atoms with van der Waals surface area (Å²) in [7, 11) is 0. The Morgan fingerprint density at radius 2 is 2.05 bits per heavy atom. The molecule has 0 aliphatic heterocycles. The van der Waals surface area contributed by atoms with E-state index in [9.17, 15) is 27.2 Å². The van der Waals surface area contributed by atoms with Gasteiger partial charge < -0.3 is 14.5 Å². The molecule has 112 valence electrons. The summed E-state index contributed by atoms with van der Waals surface area (Å²) in [5.74, 6) is -1.71. The van der Waals surface area contributed by atoms with Crippen molar-refractivity contribution in [1.29, 1.82) is 0 Å². The highest BCUT2D eigenvalue weighted by atomic mass is 19.4. The van der Waals surface area contributed by atoms with Gasteiger partial charge >= 0.3 is 12.3 Å². The van der Waals surface area contributed by atoms with E-state index in [1.165, 1.54) is 0 Å². The minimum absolute atomic E-state index is 0.0809. The molecule has 1 rings (SSSR count). The molecule has 0 fully saturated rings. The molecule has 0 saturated heterocycles. The maximum absolute atomic E-state index is 12.6. The monoisotopic (exact) mass is 297 g/mol. The average molecular weight is 297 g/mol. The first-order valence-electron chi connectivity index (χ1n) is 5.49. The molecule has 0 radical (unpaired) electrons. The summed E-state index contributed by atoms with van der Waals surface area (Å²) in [4.78, 5) is 24.7. The number of rotatable bonds is 5. The lowest BCUT2D eigenvalue weighted by molar-refractivity contribution is -0.275. The smallest absolute Gasteiger partial charge is 0.466 e. The fourth-order valence-electron chi connectivity index (χ4n) is 1.42. The Labute approximate surface area is 110 Å². The number of carbonyl (C=O) groups excluding carboxylic acids is 1. The highest BCUT2D eigenvalue weighted by molar-refractivity contribution is 5.72. The first kappa shape index (κ1) is 16.0. The van der Waals surface area contributed by atoms with E-state index in [1.54, 1.807) is 6.92 Å². The fraction of sp³-hybridized carbons (Fsp3) is 0.455. The lowest BCUT2D eigenvalue weighted by Crippen LogP contribution is -2.23. The number of nitrogens with one attached hydrogen (secondary N) is 1. The second-order valence-corrected chi connectivity index (χ2v) is 3.63. The molecule has 1 heterocycles. The number of alkyl halides is 4. The molecule has 0 bridgehead atoms. The lowest BCUT2D eigenvalue weighted by atomic mass is 10.2. The van der Waals surface area contributed by atoms with Crippen LogP contribution in [0.2, 0.25) is 0 Å². The normalized spacial score (nSPS) is 11.2. The SMILES string of the molecule is CCOC(=O)Cc1cc(OC(F)(F)F)c(CF)c(=O)[nH]1. The fourth-order valence-corrected chi connectivity index (χ4v) is 1.42. The molecule has 0 saturated carbocycles. The van der Waals surface area contributed by atoms with Crippen molar-refractivity contribution in [2.45, 2.75) is 26.4 Å². The van der Waals surface area contributed by atoms with Crippen LogP contribution in [0.4, 0.5) is 17.6 Å². The third-order valence-electron chi connectivity index (χ3n) is 2.15. The number of aromatic amines is 1. The van der Waals surface area contributed by atoms with Gasteiger partial charge in [0.15, 0.2) is 0 Å². The van der Waals surface area contributed by atoms with E-state index < -0.39 is 42.3 Å². The molecule has 1 aromatic rings. The van der Waals surface area contributed by atoms with E-state index in [4.69, 9.17) is 0 Å². The minimum atomic E-state index is -5.07. The third kappa shape index (κ3) is 4.56. The molecule has 1 N–H and O–H groups in total. The Morgan fingerprint density at radius 3 is 2.55 bits per heavy atom. The summed E-state index contributed by atoms with van der Waals surface area (Å²) in [6, 6.07) is 0.751. The first-order chi connectivity index (χ1) is 9.26. The summed E-state index contributed by atoms with van der Waals surface area (Å²) in [5.41, 5.74) is -2.05. The maximum atomic E-state index is 12.6. The van der Waals surface area contributed by atoms with Gasteiger partial charge in [0.2, 0.25) is 0 Å². The highest BCUT2D eigenvalue weighted by Gasteiger charge is 2.33. The molecule has 0 aliphatic rings. The van der Waals surface area contributed by atoms with E-state index in [0.29, 0.717) is 0 Å². The molecule has 1 aromatic heterocycles. The van der Waals surface area contributed by atoms with Crippen LogP contribution in [0.3, 0.4) is 0 Å². The molecule has 0 spiro atoms. The molecule has 20 heavy (non-hydrogen) atoms. The average Bonchev–Trinajstić information content (AvgIpc) is 2.26. The predicted molar refractivity (Wildman–Crippen MR) is 58.9 cm³/mol. The van der Waals surface area contributed by atoms with E-state index >= 15 is 0 Å². The van der Waals surface area contributed by atoms with E-state index in [-0.39, 0.29) is 12.3 Å². The van der Waals surface area contributed by atoms with Crippen molar-refractivity contribution in [2.24, 2.45) is 0 Å². The first-order valence-corrected chi connectivity index (χ1v) is 5.49. The molecular formula is C11H11F4NO4. The van der Waals surface area contributed by atoms with E-state index in [2.05, 4.69) is 14.5 Å². The van der Waals surface area contributed by atoms with Crippen LogP contribution in [0.15, 0.2) is 10.9 Å². The number of H-pyrrole nitrogens is 1. The lowest BCUT2D eigenvalue weighted by Gasteiger charge is -2.12. The molecule has 5 nitrogen and oxygen atoms in total. The van der Waals surface area contributed by atoms with Crippen LogP contribution in [-0.2, 0) is 22.6 Å². The van der Waals surface area contributed by atoms with Gasteiger partial charge in [-0.3, -0.25) is 9.59 Å². The summed E-state index contributed by atoms with van der Waals surface area (Å²) < 4.78 is 57.2. The standard InChI is InChI=1S/C11H11F4NO4/c1-2-19-9(17)4-6-3-8(20-11(13,14)15)7(5-12)10(18)16-6/h3H,2,4-5H2,1H3,(H,16,18). The van der Waals surface area contributed by atoms with Crippen molar-refractivity contribution < 1.29 is 31.8 Å². The number of pyridine rings is 1. The predicted octanol–water partition coefficient (Wildman–Crippen LogP) is 1.85. The number of ether oxygens (including phenoxy) is 2. The van der Waals surface area contributed by atoms with Crippen molar-refractivity contribution in [3.05, 3.63) is 27.7 Å². The van der Waals surface area contributed by atoms with Crippen LogP contribution in [-0.4, -0.2) is 23.9 Å². The topological polar surface area (TPSA) is 68.4 Å². The summed E-state index contributed by atoms with van der Waals surface area (Å²) in [5, 5.41) is 0. The Balaban J connectivity index is 3.11. The zero-order valence-electron chi connectivity index (χ0n) is 10.3. The van der Waals surface area contributed by atoms with Gasteiger partial charge in [0.1, 0.15) is 12.4 Å². The highest BCUT2D eigenvalue weighted by Crippen LogP contribution is 2.25. The number of halogens is 4. The molecule has 0 unspecified atom stereocenters. The second-order valence-electron chi connectivity index (χ2n) is 3.63. The van der Waals surface area contributed by atoms with Gasteiger partial charge in [-0.2, -0.15) is 0 Å². The zero-order chi connectivity index (χ0) is 15.3. The van der Waals surface area contributed by atoms with Gasteiger partial charge in [0.05, 0.1) is 18.6 Å². The number of carbonyl (C=O) groups is 1. The Hall–Kier alpha value is -2.06. The van der Waals surface area contributed by atoms with Crippen molar-refractivity contribution in [2.75, 3.05) is 6.61 Å². The Kier molecular flexibility index (Phi) is 5.12. The van der Waals surface area contributed by atoms with Gasteiger partial charge in [0, 0.05) is 11.8 Å². The summed E-state index contributed by atoms with van der Waals surface area (Å²) >= 11 is 0. The maximum Gasteiger partial charge on any atom is 0.573 e. The van der Waals surface area contributed by atoms with Crippen LogP contribution < -0.4 is 10.3 Å². The molecule has 0 atom stereocenters. The van der Waals surface area contributed by atoms with Crippen molar-refractivity contribution in [1.82, 2.24) is 4.98 Å². The van der Waals surface area contributed by atoms with Crippen LogP contribution in [0.25, 0.3) is 0 Å². The number of hydrogen-bond acceptors (Lipinski definition) is 4. The second kappa shape index (κ2) is 6.40. The van der Waals surface area contributed by atoms with Crippen molar-refractivity contribution in [3.63, 3.8) is 0 Å². The van der Waals surface area contributed by atoms with Crippen LogP contribution in [0.5, 0.6) is 5.75 Å².